The molecule has 1 spiro atoms. The lowest BCUT2D eigenvalue weighted by Gasteiger charge is -2.54. The second-order valence-corrected chi connectivity index (χ2v) is 12.5. The lowest BCUT2D eigenvalue weighted by molar-refractivity contribution is 0.0897. The molecular weight excluding hydrogens is 514 g/mol. The van der Waals surface area contributed by atoms with Crippen molar-refractivity contribution >= 4 is 50.0 Å². The Labute approximate surface area is 220 Å². The summed E-state index contributed by atoms with van der Waals surface area (Å²) in [4.78, 5) is 13.6. The molecule has 5 heterocycles. The van der Waals surface area contributed by atoms with E-state index in [1.807, 2.05) is 23.9 Å². The van der Waals surface area contributed by atoms with Gasteiger partial charge >= 0.3 is 0 Å². The van der Waals surface area contributed by atoms with Gasteiger partial charge in [0.1, 0.15) is 5.82 Å². The van der Waals surface area contributed by atoms with Gasteiger partial charge in [0.15, 0.2) is 0 Å². The molecule has 194 valence electrons. The van der Waals surface area contributed by atoms with Crippen LogP contribution in [0.2, 0.25) is 5.02 Å². The molecule has 0 aliphatic carbocycles. The van der Waals surface area contributed by atoms with Gasteiger partial charge < -0.3 is 15.1 Å². The van der Waals surface area contributed by atoms with Crippen LogP contribution in [0.3, 0.4) is 0 Å². The van der Waals surface area contributed by atoms with Crippen molar-refractivity contribution in [2.24, 2.45) is 12.5 Å². The third-order valence-electron chi connectivity index (χ3n) is 7.38. The Balaban J connectivity index is 1.23. The Hall–Kier alpha value is -3.22. The molecular formula is C24H28ClN9O2S. The zero-order valence-corrected chi connectivity index (χ0v) is 22.5. The summed E-state index contributed by atoms with van der Waals surface area (Å²) in [5.41, 5.74) is 2.97. The number of halogens is 1. The molecule has 13 heteroatoms. The first-order chi connectivity index (χ1) is 17.6. The largest absolute Gasteiger partial charge is 0.355 e. The summed E-state index contributed by atoms with van der Waals surface area (Å²) in [5.74, 6) is 1.48. The summed E-state index contributed by atoms with van der Waals surface area (Å²) in [6.45, 7) is 4.49. The number of anilines is 3. The topological polar surface area (TPSA) is 114 Å². The number of hydrogen-bond donors (Lipinski definition) is 1. The van der Waals surface area contributed by atoms with Crippen LogP contribution in [0.4, 0.5) is 17.5 Å². The predicted molar refractivity (Wildman–Crippen MR) is 144 cm³/mol. The molecule has 0 unspecified atom stereocenters. The van der Waals surface area contributed by atoms with Gasteiger partial charge in [-0.1, -0.05) is 11.6 Å². The van der Waals surface area contributed by atoms with E-state index in [9.17, 15) is 8.42 Å². The van der Waals surface area contributed by atoms with Crippen LogP contribution in [0, 0.1) is 5.41 Å². The maximum atomic E-state index is 11.8. The summed E-state index contributed by atoms with van der Waals surface area (Å²) in [6, 6.07) is 6.04. The minimum atomic E-state index is -3.51. The second kappa shape index (κ2) is 8.67. The highest BCUT2D eigenvalue weighted by atomic mass is 35.5. The van der Waals surface area contributed by atoms with Gasteiger partial charge in [-0.3, -0.25) is 4.68 Å². The number of hydrogen-bond acceptors (Lipinski definition) is 9. The summed E-state index contributed by atoms with van der Waals surface area (Å²) in [7, 11) is 0.685. The normalized spacial score (nSPS) is 17.9. The van der Waals surface area contributed by atoms with Gasteiger partial charge in [-0.15, -0.1) is 0 Å². The van der Waals surface area contributed by atoms with E-state index in [2.05, 4.69) is 43.3 Å². The third kappa shape index (κ3) is 4.42. The fourth-order valence-electron chi connectivity index (χ4n) is 5.33. The first-order valence-corrected chi connectivity index (χ1v) is 14.3. The zero-order chi connectivity index (χ0) is 25.9. The summed E-state index contributed by atoms with van der Waals surface area (Å²) in [6.07, 6.45) is 7.84. The highest BCUT2D eigenvalue weighted by Gasteiger charge is 2.45. The Kier molecular flexibility index (Phi) is 5.66. The maximum Gasteiger partial charge on any atom is 0.250 e. The number of aryl methyl sites for hydroxylation is 1. The zero-order valence-electron chi connectivity index (χ0n) is 20.9. The molecule has 1 N–H and O–H groups in total. The molecule has 2 fully saturated rings. The van der Waals surface area contributed by atoms with E-state index in [1.165, 1.54) is 44.5 Å². The first kappa shape index (κ1) is 24.1. The fourth-order valence-corrected chi connectivity index (χ4v) is 6.05. The maximum absolute atomic E-state index is 11.8. The van der Waals surface area contributed by atoms with Gasteiger partial charge in [0.05, 0.1) is 41.1 Å². The SMILES string of the molecule is CN1CCC2(CC1)CN(c1c3ccc(Nc4ncc(Cl)c(-c5cnn(S(C)(=O)=O)c5)n4)cc3nn1C)C2. The number of nitrogens with one attached hydrogen (secondary N) is 1. The van der Waals surface area contributed by atoms with Gasteiger partial charge in [0.25, 0.3) is 10.0 Å². The molecule has 37 heavy (non-hydrogen) atoms. The molecule has 2 saturated heterocycles. The number of nitrogens with zero attached hydrogens (tertiary/aromatic N) is 8. The van der Waals surface area contributed by atoms with Crippen LogP contribution >= 0.6 is 11.6 Å². The molecule has 11 nitrogen and oxygen atoms in total. The molecule has 2 aliphatic heterocycles. The molecule has 4 aromatic rings. The third-order valence-corrected chi connectivity index (χ3v) is 8.53. The van der Waals surface area contributed by atoms with E-state index in [4.69, 9.17) is 16.7 Å². The van der Waals surface area contributed by atoms with Crippen LogP contribution < -0.4 is 10.2 Å². The number of benzene rings is 1. The van der Waals surface area contributed by atoms with Crippen LogP contribution in [0.15, 0.2) is 36.8 Å². The fraction of sp³-hybridized carbons (Fsp3) is 0.417. The summed E-state index contributed by atoms with van der Waals surface area (Å²) < 4.78 is 26.4. The molecule has 0 saturated carbocycles. The molecule has 0 atom stereocenters. The van der Waals surface area contributed by atoms with Crippen molar-refractivity contribution in [2.75, 3.05) is 49.7 Å². The first-order valence-electron chi connectivity index (χ1n) is 12.1. The van der Waals surface area contributed by atoms with Crippen LogP contribution in [0.1, 0.15) is 12.8 Å². The lowest BCUT2D eigenvalue weighted by atomic mass is 9.72. The highest BCUT2D eigenvalue weighted by Crippen LogP contribution is 2.44. The second-order valence-electron chi connectivity index (χ2n) is 10.2. The standard InChI is InChI=1S/C24H28ClN9O2S/c1-31-8-6-24(7-9-31)14-33(15-24)22-18-5-4-17(10-20(18)30-32(22)2)28-23-26-12-19(25)21(29-23)16-11-27-34(13-16)37(3,35)36/h4-5,10-13H,6-9,14-15H2,1-3H3,(H,26,28,29). The Bertz CT molecular complexity index is 1600. The molecule has 1 aromatic carbocycles. The highest BCUT2D eigenvalue weighted by molar-refractivity contribution is 7.89. The molecule has 0 amide bonds. The summed E-state index contributed by atoms with van der Waals surface area (Å²) >= 11 is 6.31. The van der Waals surface area contributed by atoms with Crippen molar-refractivity contribution in [3.8, 4) is 11.3 Å². The van der Waals surface area contributed by atoms with E-state index < -0.39 is 10.0 Å². The smallest absolute Gasteiger partial charge is 0.250 e. The van der Waals surface area contributed by atoms with Crippen molar-refractivity contribution < 1.29 is 8.42 Å². The lowest BCUT2D eigenvalue weighted by Crippen LogP contribution is -2.60. The number of likely N-dealkylation sites (tertiary alicyclic amines) is 1. The van der Waals surface area contributed by atoms with Crippen LogP contribution in [-0.2, 0) is 17.1 Å². The molecule has 0 bridgehead atoms. The van der Waals surface area contributed by atoms with Crippen LogP contribution in [-0.4, -0.2) is 81.7 Å². The van der Waals surface area contributed by atoms with E-state index in [0.29, 0.717) is 27.6 Å². The average Bonchev–Trinajstić information content (AvgIpc) is 3.44. The van der Waals surface area contributed by atoms with Crippen LogP contribution in [0.5, 0.6) is 0 Å². The van der Waals surface area contributed by atoms with E-state index in [-0.39, 0.29) is 0 Å². The van der Waals surface area contributed by atoms with Gasteiger partial charge in [0.2, 0.25) is 5.95 Å². The van der Waals surface area contributed by atoms with Crippen molar-refractivity contribution in [1.82, 2.24) is 33.8 Å². The molecule has 0 radical (unpaired) electrons. The van der Waals surface area contributed by atoms with E-state index >= 15 is 0 Å². The van der Waals surface area contributed by atoms with Crippen molar-refractivity contribution in [1.29, 1.82) is 0 Å². The number of fused-ring (bicyclic) bond motifs is 1. The van der Waals surface area contributed by atoms with Gasteiger partial charge in [0, 0.05) is 42.2 Å². The molecule has 2 aliphatic rings. The number of piperidine rings is 1. The Morgan fingerprint density at radius 1 is 1.11 bits per heavy atom. The van der Waals surface area contributed by atoms with Crippen molar-refractivity contribution in [3.05, 3.63) is 41.8 Å². The van der Waals surface area contributed by atoms with Crippen molar-refractivity contribution in [3.63, 3.8) is 0 Å². The van der Waals surface area contributed by atoms with Crippen molar-refractivity contribution in [2.45, 2.75) is 12.8 Å². The molecule has 6 rings (SSSR count). The van der Waals surface area contributed by atoms with Gasteiger partial charge in [-0.25, -0.2) is 18.4 Å². The Morgan fingerprint density at radius 2 is 1.86 bits per heavy atom. The predicted octanol–water partition coefficient (Wildman–Crippen LogP) is 2.96. The van der Waals surface area contributed by atoms with E-state index in [0.717, 1.165) is 45.8 Å². The average molecular weight is 542 g/mol. The van der Waals surface area contributed by atoms with E-state index in [1.54, 1.807) is 0 Å². The van der Waals surface area contributed by atoms with Gasteiger partial charge in [-0.05, 0) is 51.2 Å². The Morgan fingerprint density at radius 3 is 2.57 bits per heavy atom. The number of rotatable bonds is 5. The quantitative estimate of drug-likeness (QED) is 0.407. The minimum Gasteiger partial charge on any atom is -0.355 e. The molecule has 3 aromatic heterocycles. The minimum absolute atomic E-state index is 0.292. The van der Waals surface area contributed by atoms with Gasteiger partial charge in [-0.2, -0.15) is 14.3 Å². The number of aromatic nitrogens is 6. The monoisotopic (exact) mass is 541 g/mol. The summed E-state index contributed by atoms with van der Waals surface area (Å²) in [5, 5.41) is 13.3. The van der Waals surface area contributed by atoms with Crippen LogP contribution in [0.25, 0.3) is 22.2 Å².